The summed E-state index contributed by atoms with van der Waals surface area (Å²) in [5, 5.41) is 8.94. The van der Waals surface area contributed by atoms with Crippen LogP contribution in [0.5, 0.6) is 5.75 Å². The molecule has 7 heteroatoms. The minimum Gasteiger partial charge on any atom is -0.489 e. The van der Waals surface area contributed by atoms with Crippen molar-refractivity contribution in [1.29, 1.82) is 0 Å². The second kappa shape index (κ2) is 9.39. The summed E-state index contributed by atoms with van der Waals surface area (Å²) < 4.78 is 46.9. The summed E-state index contributed by atoms with van der Waals surface area (Å²) in [6, 6.07) is 21.3. The lowest BCUT2D eigenvalue weighted by Gasteiger charge is -2.16. The highest BCUT2D eigenvalue weighted by molar-refractivity contribution is 5.85. The highest BCUT2D eigenvalue weighted by Crippen LogP contribution is 2.39. The summed E-state index contributed by atoms with van der Waals surface area (Å²) in [6.07, 6.45) is -3.05. The van der Waals surface area contributed by atoms with Crippen LogP contribution >= 0.6 is 0 Å². The number of carboxylic acid groups (broad SMARTS) is 1. The molecule has 0 saturated heterocycles. The molecule has 4 rings (SSSR count). The van der Waals surface area contributed by atoms with Gasteiger partial charge in [0.1, 0.15) is 18.1 Å². The van der Waals surface area contributed by atoms with E-state index in [4.69, 9.17) is 9.84 Å². The lowest BCUT2D eigenvalue weighted by atomic mass is 9.97. The fraction of sp³-hybridized carbons (Fsp3) is 0.111. The predicted molar refractivity (Wildman–Crippen MR) is 123 cm³/mol. The molecule has 4 aromatic rings. The van der Waals surface area contributed by atoms with E-state index in [0.29, 0.717) is 5.56 Å². The van der Waals surface area contributed by atoms with Crippen molar-refractivity contribution < 1.29 is 27.8 Å². The minimum atomic E-state index is -4.52. The van der Waals surface area contributed by atoms with Gasteiger partial charge in [-0.25, -0.2) is 9.78 Å². The Kier molecular flexibility index (Phi) is 6.36. The number of pyridine rings is 1. The van der Waals surface area contributed by atoms with Crippen molar-refractivity contribution in [3.05, 3.63) is 107 Å². The van der Waals surface area contributed by atoms with Crippen molar-refractivity contribution in [2.45, 2.75) is 19.7 Å². The predicted octanol–water partition coefficient (Wildman–Crippen LogP) is 7.02. The number of halogens is 3. The second-order valence-electron chi connectivity index (χ2n) is 7.80. The quantitative estimate of drug-likeness (QED) is 0.334. The lowest BCUT2D eigenvalue weighted by molar-refractivity contribution is -0.137. The average molecular weight is 463 g/mol. The number of hydrogen-bond donors (Lipinski definition) is 1. The molecule has 3 aromatic carbocycles. The molecular formula is C27H20F3NO3. The molecule has 0 amide bonds. The van der Waals surface area contributed by atoms with Gasteiger partial charge in [-0.05, 0) is 47.4 Å². The van der Waals surface area contributed by atoms with Crippen LogP contribution in [0, 0.1) is 6.92 Å². The SMILES string of the molecule is Cc1cccc(-c2ccc(OCc3ccc(-c4ccc(C(=O)O)nc4)cc3)cc2C(F)(F)F)c1. The molecule has 1 aromatic heterocycles. The van der Waals surface area contributed by atoms with E-state index in [2.05, 4.69) is 4.98 Å². The van der Waals surface area contributed by atoms with Gasteiger partial charge in [0, 0.05) is 11.8 Å². The molecule has 0 unspecified atom stereocenters. The maximum Gasteiger partial charge on any atom is 0.417 e. The largest absolute Gasteiger partial charge is 0.489 e. The van der Waals surface area contributed by atoms with Gasteiger partial charge in [0.25, 0.3) is 0 Å². The van der Waals surface area contributed by atoms with E-state index in [0.717, 1.165) is 28.3 Å². The number of aromatic nitrogens is 1. The van der Waals surface area contributed by atoms with Gasteiger partial charge in [-0.3, -0.25) is 0 Å². The summed E-state index contributed by atoms with van der Waals surface area (Å²) >= 11 is 0. The molecule has 0 aliphatic carbocycles. The first-order valence-corrected chi connectivity index (χ1v) is 10.4. The normalized spacial score (nSPS) is 11.3. The van der Waals surface area contributed by atoms with E-state index in [-0.39, 0.29) is 23.6 Å². The van der Waals surface area contributed by atoms with Crippen molar-refractivity contribution in [3.8, 4) is 28.0 Å². The number of rotatable bonds is 6. The Morgan fingerprint density at radius 1 is 0.912 bits per heavy atom. The van der Waals surface area contributed by atoms with Gasteiger partial charge >= 0.3 is 12.1 Å². The van der Waals surface area contributed by atoms with Gasteiger partial charge < -0.3 is 9.84 Å². The minimum absolute atomic E-state index is 0.0413. The molecule has 1 heterocycles. The Hall–Kier alpha value is -4.13. The lowest BCUT2D eigenvalue weighted by Crippen LogP contribution is -2.08. The molecule has 0 aliphatic rings. The fourth-order valence-electron chi connectivity index (χ4n) is 3.56. The zero-order valence-corrected chi connectivity index (χ0v) is 18.1. The van der Waals surface area contributed by atoms with Gasteiger partial charge in [0.2, 0.25) is 0 Å². The van der Waals surface area contributed by atoms with Crippen molar-refractivity contribution in [1.82, 2.24) is 4.98 Å². The molecule has 1 N–H and O–H groups in total. The summed E-state index contributed by atoms with van der Waals surface area (Å²) in [6.45, 7) is 1.93. The maximum absolute atomic E-state index is 13.8. The number of aryl methyl sites for hydroxylation is 1. The molecule has 0 atom stereocenters. The molecule has 0 aliphatic heterocycles. The summed E-state index contributed by atoms with van der Waals surface area (Å²) in [4.78, 5) is 14.8. The van der Waals surface area contributed by atoms with E-state index in [1.807, 2.05) is 25.1 Å². The number of ether oxygens (including phenoxy) is 1. The number of carboxylic acids is 1. The second-order valence-corrected chi connectivity index (χ2v) is 7.80. The standard InChI is InChI=1S/C27H20F3NO3/c1-17-3-2-4-20(13-17)23-11-10-22(14-24(23)27(28,29)30)34-16-18-5-7-19(8-6-18)21-9-12-25(26(32)33)31-15-21/h2-15H,16H2,1H3,(H,32,33). The Morgan fingerprint density at radius 2 is 1.65 bits per heavy atom. The highest BCUT2D eigenvalue weighted by Gasteiger charge is 2.34. The smallest absolute Gasteiger partial charge is 0.417 e. The van der Waals surface area contributed by atoms with Crippen LogP contribution in [0.15, 0.2) is 85.1 Å². The van der Waals surface area contributed by atoms with Crippen LogP contribution in [0.3, 0.4) is 0 Å². The summed E-state index contributed by atoms with van der Waals surface area (Å²) in [7, 11) is 0. The number of carbonyl (C=O) groups is 1. The summed E-state index contributed by atoms with van der Waals surface area (Å²) in [5.74, 6) is -0.971. The Bertz CT molecular complexity index is 1310. The molecular weight excluding hydrogens is 443 g/mol. The Labute approximate surface area is 194 Å². The van der Waals surface area contributed by atoms with Crippen LogP contribution in [0.2, 0.25) is 0 Å². The molecule has 0 radical (unpaired) electrons. The fourth-order valence-corrected chi connectivity index (χ4v) is 3.56. The topological polar surface area (TPSA) is 59.4 Å². The van der Waals surface area contributed by atoms with Gasteiger partial charge in [-0.2, -0.15) is 13.2 Å². The van der Waals surface area contributed by atoms with Crippen molar-refractivity contribution in [2.75, 3.05) is 0 Å². The first-order chi connectivity index (χ1) is 16.2. The third-order valence-electron chi connectivity index (χ3n) is 5.30. The van der Waals surface area contributed by atoms with E-state index in [9.17, 15) is 18.0 Å². The molecule has 172 valence electrons. The first-order valence-electron chi connectivity index (χ1n) is 10.4. The zero-order valence-electron chi connectivity index (χ0n) is 18.1. The molecule has 0 saturated carbocycles. The third-order valence-corrected chi connectivity index (χ3v) is 5.30. The zero-order chi connectivity index (χ0) is 24.3. The van der Waals surface area contributed by atoms with E-state index in [1.165, 1.54) is 24.4 Å². The number of nitrogens with zero attached hydrogens (tertiary/aromatic N) is 1. The number of hydrogen-bond acceptors (Lipinski definition) is 3. The highest BCUT2D eigenvalue weighted by atomic mass is 19.4. The van der Waals surface area contributed by atoms with Crippen molar-refractivity contribution in [3.63, 3.8) is 0 Å². The van der Waals surface area contributed by atoms with E-state index < -0.39 is 17.7 Å². The number of aromatic carboxylic acids is 1. The molecule has 34 heavy (non-hydrogen) atoms. The van der Waals surface area contributed by atoms with E-state index in [1.54, 1.807) is 36.4 Å². The summed E-state index contributed by atoms with van der Waals surface area (Å²) in [5.41, 5.74) is 3.05. The van der Waals surface area contributed by atoms with Crippen LogP contribution in [0.1, 0.15) is 27.2 Å². The first kappa shape index (κ1) is 23.0. The van der Waals surface area contributed by atoms with Crippen LogP contribution < -0.4 is 4.74 Å². The van der Waals surface area contributed by atoms with Crippen LogP contribution in [0.25, 0.3) is 22.3 Å². The van der Waals surface area contributed by atoms with E-state index >= 15 is 0 Å². The third kappa shape index (κ3) is 5.26. The molecule has 4 nitrogen and oxygen atoms in total. The molecule has 0 spiro atoms. The molecule has 0 bridgehead atoms. The van der Waals surface area contributed by atoms with Crippen LogP contribution in [0.4, 0.5) is 13.2 Å². The van der Waals surface area contributed by atoms with Crippen LogP contribution in [-0.2, 0) is 12.8 Å². The molecule has 0 fully saturated rings. The van der Waals surface area contributed by atoms with Gasteiger partial charge in [0.15, 0.2) is 0 Å². The average Bonchev–Trinajstić information content (AvgIpc) is 2.82. The van der Waals surface area contributed by atoms with Crippen molar-refractivity contribution in [2.24, 2.45) is 0 Å². The number of benzene rings is 3. The van der Waals surface area contributed by atoms with Gasteiger partial charge in [-0.15, -0.1) is 0 Å². The monoisotopic (exact) mass is 463 g/mol. The van der Waals surface area contributed by atoms with Gasteiger partial charge in [0.05, 0.1) is 5.56 Å². The Balaban J connectivity index is 1.50. The maximum atomic E-state index is 13.8. The van der Waals surface area contributed by atoms with Crippen LogP contribution in [-0.4, -0.2) is 16.1 Å². The Morgan fingerprint density at radius 3 is 2.26 bits per heavy atom. The number of alkyl halides is 3. The van der Waals surface area contributed by atoms with Gasteiger partial charge in [-0.1, -0.05) is 66.2 Å². The van der Waals surface area contributed by atoms with Crippen molar-refractivity contribution >= 4 is 5.97 Å².